The zero-order chi connectivity index (χ0) is 22.7. The lowest BCUT2D eigenvalue weighted by molar-refractivity contribution is -0.143. The third kappa shape index (κ3) is 4.93. The third-order valence-electron chi connectivity index (χ3n) is 5.04. The van der Waals surface area contributed by atoms with Gasteiger partial charge in [-0.25, -0.2) is 4.98 Å². The minimum Gasteiger partial charge on any atom is -0.372 e. The van der Waals surface area contributed by atoms with E-state index in [1.54, 1.807) is 25.4 Å². The fourth-order valence-corrected chi connectivity index (χ4v) is 3.41. The maximum atomic E-state index is 12.4. The molecule has 3 heterocycles. The highest BCUT2D eigenvalue weighted by Crippen LogP contribution is 2.26. The zero-order valence-corrected chi connectivity index (χ0v) is 17.2. The number of nitrogens with one attached hydrogen (secondary N) is 1. The third-order valence-corrected chi connectivity index (χ3v) is 5.04. The van der Waals surface area contributed by atoms with Gasteiger partial charge in [-0.2, -0.15) is 13.2 Å². The lowest BCUT2D eigenvalue weighted by Crippen LogP contribution is -2.12. The Balaban J connectivity index is 1.56. The zero-order valence-electron chi connectivity index (χ0n) is 17.2. The van der Waals surface area contributed by atoms with Crippen molar-refractivity contribution >= 4 is 17.2 Å². The van der Waals surface area contributed by atoms with E-state index in [1.165, 1.54) is 0 Å². The van der Waals surface area contributed by atoms with Crippen LogP contribution in [0, 0.1) is 0 Å². The predicted molar refractivity (Wildman–Crippen MR) is 115 cm³/mol. The number of halogens is 3. The van der Waals surface area contributed by atoms with E-state index in [1.807, 2.05) is 47.0 Å². The maximum absolute atomic E-state index is 12.4. The molecule has 0 unspecified atom stereocenters. The first kappa shape index (κ1) is 21.5. The van der Waals surface area contributed by atoms with Crippen LogP contribution in [0.15, 0.2) is 60.9 Å². The van der Waals surface area contributed by atoms with Crippen molar-refractivity contribution in [2.75, 3.05) is 12.4 Å². The molecular formula is C23H20F3N5O. The van der Waals surface area contributed by atoms with Gasteiger partial charge in [0.25, 0.3) is 0 Å². The standard InChI is InChI=1S/C23H20F3N5O/c1-27-21-6-5-19(29-30-21)16-8-10-31-20(14-28-22(31)13-16)17-4-2-3-15(11-17)12-18(32)7-9-23(24,25)26/h2-6,8,10-11,13-14H,7,9,12H2,1H3,(H,27,30). The number of carbonyl (C=O) groups excluding carboxylic acids is 1. The average molecular weight is 439 g/mol. The molecule has 0 aliphatic heterocycles. The molecule has 6 nitrogen and oxygen atoms in total. The highest BCUT2D eigenvalue weighted by molar-refractivity contribution is 5.81. The molecule has 1 N–H and O–H groups in total. The number of imidazole rings is 1. The largest absolute Gasteiger partial charge is 0.389 e. The quantitative estimate of drug-likeness (QED) is 0.441. The summed E-state index contributed by atoms with van der Waals surface area (Å²) in [6, 6.07) is 14.7. The molecule has 1 aromatic carbocycles. The van der Waals surface area contributed by atoms with Gasteiger partial charge >= 0.3 is 6.18 Å². The van der Waals surface area contributed by atoms with Crippen molar-refractivity contribution in [2.45, 2.75) is 25.4 Å². The monoisotopic (exact) mass is 439 g/mol. The number of hydrogen-bond donors (Lipinski definition) is 1. The number of hydrogen-bond acceptors (Lipinski definition) is 5. The molecule has 0 aliphatic carbocycles. The Labute approximate surface area is 182 Å². The number of alkyl halides is 3. The molecule has 4 rings (SSSR count). The molecule has 0 atom stereocenters. The minimum atomic E-state index is -4.33. The van der Waals surface area contributed by atoms with E-state index in [4.69, 9.17) is 0 Å². The topological polar surface area (TPSA) is 72.2 Å². The van der Waals surface area contributed by atoms with Gasteiger partial charge in [-0.15, -0.1) is 10.2 Å². The van der Waals surface area contributed by atoms with E-state index in [2.05, 4.69) is 20.5 Å². The van der Waals surface area contributed by atoms with Crippen molar-refractivity contribution in [3.63, 3.8) is 0 Å². The minimum absolute atomic E-state index is 0.0356. The molecule has 3 aromatic heterocycles. The first-order valence-corrected chi connectivity index (χ1v) is 9.99. The van der Waals surface area contributed by atoms with E-state index in [0.717, 1.165) is 22.5 Å². The molecule has 0 fully saturated rings. The number of rotatable bonds is 7. The average Bonchev–Trinajstić information content (AvgIpc) is 3.21. The number of aromatic nitrogens is 4. The number of nitrogens with zero attached hydrogens (tertiary/aromatic N) is 4. The van der Waals surface area contributed by atoms with Gasteiger partial charge in [0, 0.05) is 37.2 Å². The first-order chi connectivity index (χ1) is 15.3. The van der Waals surface area contributed by atoms with Crippen LogP contribution < -0.4 is 5.32 Å². The Morgan fingerprint density at radius 1 is 1.06 bits per heavy atom. The number of ketones is 1. The van der Waals surface area contributed by atoms with Crippen LogP contribution in [0.1, 0.15) is 18.4 Å². The van der Waals surface area contributed by atoms with Gasteiger partial charge in [-0.05, 0) is 35.9 Å². The molecule has 0 aliphatic rings. The molecule has 164 valence electrons. The molecule has 0 spiro atoms. The van der Waals surface area contributed by atoms with Crippen LogP contribution in [0.25, 0.3) is 28.2 Å². The lowest BCUT2D eigenvalue weighted by atomic mass is 10.0. The Hall–Kier alpha value is -3.75. The van der Waals surface area contributed by atoms with E-state index in [-0.39, 0.29) is 6.42 Å². The summed E-state index contributed by atoms with van der Waals surface area (Å²) in [6.45, 7) is 0. The van der Waals surface area contributed by atoms with Crippen molar-refractivity contribution in [2.24, 2.45) is 0 Å². The van der Waals surface area contributed by atoms with E-state index < -0.39 is 24.8 Å². The van der Waals surface area contributed by atoms with Crippen molar-refractivity contribution in [3.8, 4) is 22.5 Å². The van der Waals surface area contributed by atoms with Crippen LogP contribution >= 0.6 is 0 Å². The summed E-state index contributed by atoms with van der Waals surface area (Å²) in [4.78, 5) is 16.4. The van der Waals surface area contributed by atoms with Gasteiger partial charge < -0.3 is 5.32 Å². The Kier molecular flexibility index (Phi) is 5.89. The summed E-state index contributed by atoms with van der Waals surface area (Å²) in [5.41, 5.74) is 4.60. The number of benzene rings is 1. The van der Waals surface area contributed by atoms with Gasteiger partial charge in [-0.3, -0.25) is 9.20 Å². The molecule has 0 saturated carbocycles. The second-order valence-corrected chi connectivity index (χ2v) is 7.37. The van der Waals surface area contributed by atoms with Gasteiger partial charge in [0.05, 0.1) is 24.0 Å². The summed E-state index contributed by atoms with van der Waals surface area (Å²) >= 11 is 0. The molecule has 0 amide bonds. The van der Waals surface area contributed by atoms with Crippen LogP contribution in [-0.2, 0) is 11.2 Å². The van der Waals surface area contributed by atoms with Gasteiger partial charge in [0.1, 0.15) is 17.2 Å². The lowest BCUT2D eigenvalue weighted by Gasteiger charge is -2.08. The first-order valence-electron chi connectivity index (χ1n) is 9.99. The second-order valence-electron chi connectivity index (χ2n) is 7.37. The number of anilines is 1. The van der Waals surface area contributed by atoms with Gasteiger partial charge in [0.2, 0.25) is 0 Å². The highest BCUT2D eigenvalue weighted by atomic mass is 19.4. The van der Waals surface area contributed by atoms with Crippen molar-refractivity contribution in [1.29, 1.82) is 0 Å². The summed E-state index contributed by atoms with van der Waals surface area (Å²) in [7, 11) is 1.77. The molecule has 0 radical (unpaired) electrons. The van der Waals surface area contributed by atoms with E-state index in [0.29, 0.717) is 17.0 Å². The summed E-state index contributed by atoms with van der Waals surface area (Å²) in [5.74, 6) is 0.238. The summed E-state index contributed by atoms with van der Waals surface area (Å²) in [6.07, 6.45) is -2.37. The van der Waals surface area contributed by atoms with Crippen LogP contribution in [0.2, 0.25) is 0 Å². The highest BCUT2D eigenvalue weighted by Gasteiger charge is 2.27. The normalized spacial score (nSPS) is 11.6. The number of carbonyl (C=O) groups is 1. The maximum Gasteiger partial charge on any atom is 0.389 e. The SMILES string of the molecule is CNc1ccc(-c2ccn3c(-c4cccc(CC(=O)CCC(F)(F)F)c4)cnc3c2)nn1. The molecule has 4 aromatic rings. The predicted octanol–water partition coefficient (Wildman–Crippen LogP) is 4.95. The fraction of sp³-hybridized carbons (Fsp3) is 0.217. The van der Waals surface area contributed by atoms with Gasteiger partial charge in [-0.1, -0.05) is 18.2 Å². The van der Waals surface area contributed by atoms with Crippen molar-refractivity contribution < 1.29 is 18.0 Å². The Morgan fingerprint density at radius 3 is 2.62 bits per heavy atom. The Morgan fingerprint density at radius 2 is 1.91 bits per heavy atom. The fourth-order valence-electron chi connectivity index (χ4n) is 3.41. The van der Waals surface area contributed by atoms with Crippen LogP contribution in [0.5, 0.6) is 0 Å². The smallest absolute Gasteiger partial charge is 0.372 e. The van der Waals surface area contributed by atoms with Crippen LogP contribution in [0.3, 0.4) is 0 Å². The summed E-state index contributed by atoms with van der Waals surface area (Å²) < 4.78 is 39.0. The number of Topliss-reactive ketones (excluding diaryl/α,β-unsaturated/α-hetero) is 1. The van der Waals surface area contributed by atoms with Crippen molar-refractivity contribution in [1.82, 2.24) is 19.6 Å². The van der Waals surface area contributed by atoms with Gasteiger partial charge in [0.15, 0.2) is 0 Å². The number of pyridine rings is 1. The molecule has 0 saturated heterocycles. The van der Waals surface area contributed by atoms with E-state index >= 15 is 0 Å². The molecule has 32 heavy (non-hydrogen) atoms. The van der Waals surface area contributed by atoms with E-state index in [9.17, 15) is 18.0 Å². The molecule has 0 bridgehead atoms. The van der Waals surface area contributed by atoms with Crippen LogP contribution in [0.4, 0.5) is 19.0 Å². The van der Waals surface area contributed by atoms with Crippen molar-refractivity contribution in [3.05, 3.63) is 66.5 Å². The molecule has 9 heteroatoms. The second kappa shape index (κ2) is 8.78. The Bertz CT molecular complexity index is 1250. The number of fused-ring (bicyclic) bond motifs is 1. The molecular weight excluding hydrogens is 419 g/mol. The van der Waals surface area contributed by atoms with Crippen LogP contribution in [-0.4, -0.2) is 38.6 Å². The summed E-state index contributed by atoms with van der Waals surface area (Å²) in [5, 5.41) is 11.2.